The molecule has 0 saturated carbocycles. The lowest BCUT2D eigenvalue weighted by Gasteiger charge is -2.06. The molecule has 0 spiro atoms. The number of pyridine rings is 2. The highest BCUT2D eigenvalue weighted by atomic mass is 16.6. The molecule has 0 amide bonds. The van der Waals surface area contributed by atoms with Crippen molar-refractivity contribution < 1.29 is 4.92 Å². The van der Waals surface area contributed by atoms with Gasteiger partial charge in [0.15, 0.2) is 0 Å². The van der Waals surface area contributed by atoms with Crippen LogP contribution in [-0.4, -0.2) is 9.32 Å². The molecule has 3 aromatic rings. The van der Waals surface area contributed by atoms with Gasteiger partial charge in [0.25, 0.3) is 11.2 Å². The third kappa shape index (κ3) is 1.54. The summed E-state index contributed by atoms with van der Waals surface area (Å²) in [5, 5.41) is 20.7. The van der Waals surface area contributed by atoms with Gasteiger partial charge in [0.05, 0.1) is 21.4 Å². The van der Waals surface area contributed by atoms with Gasteiger partial charge in [-0.15, -0.1) is 0 Å². The molecule has 0 radical (unpaired) electrons. The summed E-state index contributed by atoms with van der Waals surface area (Å²) in [5.74, 6) is 0. The summed E-state index contributed by atoms with van der Waals surface area (Å²) >= 11 is 0. The van der Waals surface area contributed by atoms with Crippen molar-refractivity contribution in [3.05, 3.63) is 68.6 Å². The number of rotatable bonds is 1. The van der Waals surface area contributed by atoms with E-state index in [4.69, 9.17) is 0 Å². The van der Waals surface area contributed by atoms with Crippen LogP contribution < -0.4 is 5.56 Å². The van der Waals surface area contributed by atoms with Crippen molar-refractivity contribution in [1.29, 1.82) is 5.26 Å². The first-order chi connectivity index (χ1) is 9.63. The number of non-ortho nitro benzene ring substituents is 1. The van der Waals surface area contributed by atoms with Gasteiger partial charge in [-0.3, -0.25) is 19.3 Å². The minimum Gasteiger partial charge on any atom is -0.282 e. The van der Waals surface area contributed by atoms with E-state index in [1.165, 1.54) is 28.8 Å². The predicted molar refractivity (Wildman–Crippen MR) is 72.5 cm³/mol. The average Bonchev–Trinajstić information content (AvgIpc) is 2.47. The first kappa shape index (κ1) is 11.9. The maximum atomic E-state index is 12.4. The fraction of sp³-hybridized carbons (Fsp3) is 0. The number of nitro benzene ring substituents is 1. The van der Waals surface area contributed by atoms with Crippen molar-refractivity contribution in [1.82, 2.24) is 4.40 Å². The van der Waals surface area contributed by atoms with Gasteiger partial charge >= 0.3 is 0 Å². The van der Waals surface area contributed by atoms with Crippen LogP contribution in [0.5, 0.6) is 0 Å². The van der Waals surface area contributed by atoms with Crippen molar-refractivity contribution in [2.24, 2.45) is 0 Å². The van der Waals surface area contributed by atoms with Gasteiger partial charge < -0.3 is 0 Å². The second-order valence-corrected chi connectivity index (χ2v) is 4.23. The van der Waals surface area contributed by atoms with Crippen LogP contribution in [0.25, 0.3) is 16.3 Å². The average molecular weight is 265 g/mol. The number of benzene rings is 1. The zero-order valence-electron chi connectivity index (χ0n) is 10.1. The van der Waals surface area contributed by atoms with Crippen LogP contribution in [-0.2, 0) is 0 Å². The van der Waals surface area contributed by atoms with E-state index in [9.17, 15) is 20.2 Å². The third-order valence-electron chi connectivity index (χ3n) is 3.16. The first-order valence-corrected chi connectivity index (χ1v) is 5.75. The van der Waals surface area contributed by atoms with Gasteiger partial charge in [-0.2, -0.15) is 5.26 Å². The van der Waals surface area contributed by atoms with E-state index in [0.717, 1.165) is 0 Å². The molecule has 0 bridgehead atoms. The zero-order valence-corrected chi connectivity index (χ0v) is 10.1. The maximum absolute atomic E-state index is 12.4. The van der Waals surface area contributed by atoms with Gasteiger partial charge in [-0.05, 0) is 18.2 Å². The number of nitro groups is 1. The molecule has 0 aliphatic rings. The molecule has 3 rings (SSSR count). The fourth-order valence-corrected chi connectivity index (χ4v) is 2.25. The summed E-state index contributed by atoms with van der Waals surface area (Å²) in [4.78, 5) is 22.6. The minimum absolute atomic E-state index is 0.166. The summed E-state index contributed by atoms with van der Waals surface area (Å²) < 4.78 is 1.32. The van der Waals surface area contributed by atoms with Gasteiger partial charge in [-0.1, -0.05) is 6.07 Å². The Hall–Kier alpha value is -3.20. The summed E-state index contributed by atoms with van der Waals surface area (Å²) in [7, 11) is 0. The molecule has 0 aliphatic carbocycles. The Morgan fingerprint density at radius 3 is 2.70 bits per heavy atom. The SMILES string of the molecule is N#Cc1c2ccc([N+](=O)[O-])cc2c(=O)n2ccccc12. The number of fused-ring (bicyclic) bond motifs is 2. The number of aromatic nitrogens is 1. The van der Waals surface area contributed by atoms with E-state index in [1.54, 1.807) is 18.2 Å². The minimum atomic E-state index is -0.565. The molecule has 0 saturated heterocycles. The highest BCUT2D eigenvalue weighted by molar-refractivity contribution is 5.94. The molecular formula is C14H7N3O3. The van der Waals surface area contributed by atoms with Crippen LogP contribution in [0.1, 0.15) is 5.56 Å². The van der Waals surface area contributed by atoms with E-state index >= 15 is 0 Å². The van der Waals surface area contributed by atoms with E-state index in [-0.39, 0.29) is 16.6 Å². The molecular weight excluding hydrogens is 258 g/mol. The van der Waals surface area contributed by atoms with Crippen molar-refractivity contribution in [3.63, 3.8) is 0 Å². The van der Waals surface area contributed by atoms with Crippen LogP contribution in [0.2, 0.25) is 0 Å². The Morgan fingerprint density at radius 1 is 1.20 bits per heavy atom. The standard InChI is InChI=1S/C14H7N3O3/c15-8-12-10-5-4-9(17(19)20)7-11(10)14(18)16-6-2-1-3-13(12)16/h1-7H. The molecule has 2 heterocycles. The topological polar surface area (TPSA) is 88.4 Å². The molecule has 1 aromatic carbocycles. The van der Waals surface area contributed by atoms with Crippen molar-refractivity contribution >= 4 is 22.0 Å². The maximum Gasteiger partial charge on any atom is 0.270 e. The van der Waals surface area contributed by atoms with E-state index in [1.807, 2.05) is 0 Å². The van der Waals surface area contributed by atoms with Crippen LogP contribution in [0.15, 0.2) is 47.4 Å². The van der Waals surface area contributed by atoms with Crippen LogP contribution in [0, 0.1) is 21.4 Å². The number of hydrogen-bond acceptors (Lipinski definition) is 4. The van der Waals surface area contributed by atoms with Gasteiger partial charge in [0.2, 0.25) is 0 Å². The zero-order chi connectivity index (χ0) is 14.3. The van der Waals surface area contributed by atoms with E-state index < -0.39 is 4.92 Å². The second-order valence-electron chi connectivity index (χ2n) is 4.23. The highest BCUT2D eigenvalue weighted by Gasteiger charge is 2.14. The third-order valence-corrected chi connectivity index (χ3v) is 3.16. The predicted octanol–water partition coefficient (Wildman–Crippen LogP) is 2.23. The largest absolute Gasteiger partial charge is 0.282 e. The normalized spacial score (nSPS) is 10.6. The summed E-state index contributed by atoms with van der Waals surface area (Å²) in [5.41, 5.74) is 0.268. The second kappa shape index (κ2) is 4.17. The lowest BCUT2D eigenvalue weighted by Crippen LogP contribution is -2.15. The molecule has 0 fully saturated rings. The first-order valence-electron chi connectivity index (χ1n) is 5.75. The van der Waals surface area contributed by atoms with Gasteiger partial charge in [0.1, 0.15) is 6.07 Å². The molecule has 0 unspecified atom stereocenters. The number of nitrogens with zero attached hydrogens (tertiary/aromatic N) is 3. The fourth-order valence-electron chi connectivity index (χ4n) is 2.25. The Morgan fingerprint density at radius 2 is 2.00 bits per heavy atom. The van der Waals surface area contributed by atoms with Gasteiger partial charge in [0, 0.05) is 23.7 Å². The molecule has 0 aliphatic heterocycles. The Labute approximate surface area is 112 Å². The molecule has 6 nitrogen and oxygen atoms in total. The smallest absolute Gasteiger partial charge is 0.270 e. The highest BCUT2D eigenvalue weighted by Crippen LogP contribution is 2.23. The Balaban J connectivity index is 2.61. The summed E-state index contributed by atoms with van der Waals surface area (Å²) in [6, 6.07) is 11.1. The Kier molecular flexibility index (Phi) is 2.48. The van der Waals surface area contributed by atoms with Gasteiger partial charge in [-0.25, -0.2) is 0 Å². The molecule has 0 atom stereocenters. The van der Waals surface area contributed by atoms with Crippen molar-refractivity contribution in [3.8, 4) is 6.07 Å². The molecule has 20 heavy (non-hydrogen) atoms. The van der Waals surface area contributed by atoms with E-state index in [2.05, 4.69) is 6.07 Å². The van der Waals surface area contributed by atoms with Crippen molar-refractivity contribution in [2.45, 2.75) is 0 Å². The summed E-state index contributed by atoms with van der Waals surface area (Å²) in [6.45, 7) is 0. The van der Waals surface area contributed by atoms with Crippen LogP contribution in [0.4, 0.5) is 5.69 Å². The molecule has 6 heteroatoms. The van der Waals surface area contributed by atoms with Crippen LogP contribution in [0.3, 0.4) is 0 Å². The number of hydrogen-bond donors (Lipinski definition) is 0. The van der Waals surface area contributed by atoms with Crippen molar-refractivity contribution in [2.75, 3.05) is 0 Å². The Bertz CT molecular complexity index is 967. The van der Waals surface area contributed by atoms with E-state index in [0.29, 0.717) is 16.5 Å². The molecule has 96 valence electrons. The lowest BCUT2D eigenvalue weighted by atomic mass is 10.0. The monoisotopic (exact) mass is 265 g/mol. The quantitative estimate of drug-likeness (QED) is 0.383. The molecule has 0 N–H and O–H groups in total. The summed E-state index contributed by atoms with van der Waals surface area (Å²) in [6.07, 6.45) is 1.54. The molecule has 2 aromatic heterocycles. The number of nitriles is 1. The van der Waals surface area contributed by atoms with Crippen LogP contribution >= 0.6 is 0 Å². The lowest BCUT2D eigenvalue weighted by molar-refractivity contribution is -0.384.